The second-order valence-electron chi connectivity index (χ2n) is 5.98. The molecule has 0 aliphatic heterocycles. The van der Waals surface area contributed by atoms with Gasteiger partial charge in [-0.15, -0.1) is 0 Å². The summed E-state index contributed by atoms with van der Waals surface area (Å²) in [5.74, 6) is 0.636. The Hall–Kier alpha value is -1.60. The number of rotatable bonds is 8. The zero-order valence-corrected chi connectivity index (χ0v) is 15.0. The van der Waals surface area contributed by atoms with Crippen LogP contribution in [0.2, 0.25) is 0 Å². The number of sulfone groups is 1. The molecule has 1 amide bonds. The molecule has 0 unspecified atom stereocenters. The van der Waals surface area contributed by atoms with Crippen molar-refractivity contribution >= 4 is 15.7 Å². The van der Waals surface area contributed by atoms with E-state index in [0.29, 0.717) is 25.3 Å². The number of ether oxygens (including phenoxy) is 1. The summed E-state index contributed by atoms with van der Waals surface area (Å²) in [6.45, 7) is 4.83. The normalized spacial score (nSPS) is 13.0. The van der Waals surface area contributed by atoms with Gasteiger partial charge in [0.25, 0.3) is 0 Å². The topological polar surface area (TPSA) is 89.7 Å². The third-order valence-corrected chi connectivity index (χ3v) is 4.67. The molecule has 1 aromatic rings. The predicted molar refractivity (Wildman–Crippen MR) is 90.1 cm³/mol. The molecular weight excluding hydrogens is 316 g/mol. The second-order valence-corrected chi connectivity index (χ2v) is 7.99. The molecule has 0 spiro atoms. The molecule has 6 nitrogen and oxygen atoms in total. The van der Waals surface area contributed by atoms with Gasteiger partial charge in [-0.3, -0.25) is 4.79 Å². The summed E-state index contributed by atoms with van der Waals surface area (Å²) in [6.07, 6.45) is 1.83. The zero-order valence-electron chi connectivity index (χ0n) is 14.2. The van der Waals surface area contributed by atoms with E-state index in [2.05, 4.69) is 0 Å². The van der Waals surface area contributed by atoms with Crippen molar-refractivity contribution in [3.63, 3.8) is 0 Å². The van der Waals surface area contributed by atoms with Crippen molar-refractivity contribution in [2.75, 3.05) is 26.5 Å². The molecule has 0 heterocycles. The van der Waals surface area contributed by atoms with Crippen LogP contribution in [-0.2, 0) is 14.6 Å². The van der Waals surface area contributed by atoms with Gasteiger partial charge in [0.05, 0.1) is 17.5 Å². The largest absolute Gasteiger partial charge is 0.494 e. The number of carbonyl (C=O) groups is 1. The molecule has 2 N–H and O–H groups in total. The lowest BCUT2D eigenvalue weighted by Gasteiger charge is -2.23. The van der Waals surface area contributed by atoms with E-state index < -0.39 is 15.9 Å². The molecule has 1 aromatic carbocycles. The SMILES string of the molecule is CC(C)[C@H](N)C(=O)N(C)CCCOc1ccc(S(C)(=O)=O)cc1. The van der Waals surface area contributed by atoms with E-state index in [4.69, 9.17) is 10.5 Å². The quantitative estimate of drug-likeness (QED) is 0.719. The van der Waals surface area contributed by atoms with E-state index in [1.807, 2.05) is 13.8 Å². The summed E-state index contributed by atoms with van der Waals surface area (Å²) in [6, 6.07) is 5.80. The van der Waals surface area contributed by atoms with Gasteiger partial charge in [-0.25, -0.2) is 8.42 Å². The monoisotopic (exact) mass is 342 g/mol. The number of hydrogen-bond acceptors (Lipinski definition) is 5. The first-order chi connectivity index (χ1) is 10.6. The highest BCUT2D eigenvalue weighted by Gasteiger charge is 2.20. The average Bonchev–Trinajstić information content (AvgIpc) is 2.49. The number of likely N-dealkylation sites (N-methyl/N-ethyl adjacent to an activating group) is 1. The minimum Gasteiger partial charge on any atom is -0.494 e. The average molecular weight is 342 g/mol. The van der Waals surface area contributed by atoms with Gasteiger partial charge in [0.1, 0.15) is 5.75 Å². The molecule has 0 saturated carbocycles. The number of carbonyl (C=O) groups excluding carboxylic acids is 1. The Morgan fingerprint density at radius 2 is 1.83 bits per heavy atom. The van der Waals surface area contributed by atoms with Crippen LogP contribution >= 0.6 is 0 Å². The molecule has 0 bridgehead atoms. The minimum atomic E-state index is -3.19. The molecule has 0 saturated heterocycles. The van der Waals surface area contributed by atoms with Gasteiger partial charge in [0.2, 0.25) is 5.91 Å². The van der Waals surface area contributed by atoms with Crippen LogP contribution in [0.3, 0.4) is 0 Å². The van der Waals surface area contributed by atoms with Crippen molar-refractivity contribution in [2.24, 2.45) is 11.7 Å². The first-order valence-electron chi connectivity index (χ1n) is 7.56. The van der Waals surface area contributed by atoms with Crippen molar-refractivity contribution in [3.05, 3.63) is 24.3 Å². The van der Waals surface area contributed by atoms with E-state index in [1.54, 1.807) is 24.1 Å². The summed E-state index contributed by atoms with van der Waals surface area (Å²) >= 11 is 0. The van der Waals surface area contributed by atoms with Crippen molar-refractivity contribution in [2.45, 2.75) is 31.2 Å². The first kappa shape index (κ1) is 19.4. The van der Waals surface area contributed by atoms with Gasteiger partial charge in [0, 0.05) is 19.8 Å². The van der Waals surface area contributed by atoms with Crippen LogP contribution in [0, 0.1) is 5.92 Å². The maximum absolute atomic E-state index is 12.0. The number of amides is 1. The molecule has 7 heteroatoms. The van der Waals surface area contributed by atoms with Crippen molar-refractivity contribution < 1.29 is 17.9 Å². The molecule has 0 aromatic heterocycles. The summed E-state index contributed by atoms with van der Waals surface area (Å²) in [4.78, 5) is 13.9. The van der Waals surface area contributed by atoms with Gasteiger partial charge >= 0.3 is 0 Å². The van der Waals surface area contributed by atoms with Crippen LogP contribution in [0.25, 0.3) is 0 Å². The molecule has 0 aliphatic carbocycles. The van der Waals surface area contributed by atoms with E-state index in [-0.39, 0.29) is 16.7 Å². The summed E-state index contributed by atoms with van der Waals surface area (Å²) in [5, 5.41) is 0. The third kappa shape index (κ3) is 6.19. The van der Waals surface area contributed by atoms with Gasteiger partial charge in [-0.05, 0) is 36.6 Å². The summed E-state index contributed by atoms with van der Waals surface area (Å²) in [5.41, 5.74) is 5.83. The lowest BCUT2D eigenvalue weighted by atomic mass is 10.0. The standard InChI is InChI=1S/C16H26N2O4S/c1-12(2)15(17)16(19)18(3)10-5-11-22-13-6-8-14(9-7-13)23(4,20)21/h6-9,12,15H,5,10-11,17H2,1-4H3/t15-/m0/s1. The van der Waals surface area contributed by atoms with Crippen LogP contribution < -0.4 is 10.5 Å². The molecule has 0 fully saturated rings. The van der Waals surface area contributed by atoms with E-state index >= 15 is 0 Å². The van der Waals surface area contributed by atoms with E-state index in [1.165, 1.54) is 12.1 Å². The highest BCUT2D eigenvalue weighted by molar-refractivity contribution is 7.90. The number of hydrogen-bond donors (Lipinski definition) is 1. The van der Waals surface area contributed by atoms with Crippen LogP contribution in [0.15, 0.2) is 29.2 Å². The number of nitrogens with two attached hydrogens (primary N) is 1. The molecule has 1 rings (SSSR count). The lowest BCUT2D eigenvalue weighted by molar-refractivity contribution is -0.132. The number of nitrogens with zero attached hydrogens (tertiary/aromatic N) is 1. The molecule has 0 radical (unpaired) electrons. The van der Waals surface area contributed by atoms with Crippen LogP contribution in [0.5, 0.6) is 5.75 Å². The zero-order chi connectivity index (χ0) is 17.6. The molecule has 1 atom stereocenters. The predicted octanol–water partition coefficient (Wildman–Crippen LogP) is 1.30. The molecule has 23 heavy (non-hydrogen) atoms. The maximum atomic E-state index is 12.0. The lowest BCUT2D eigenvalue weighted by Crippen LogP contribution is -2.45. The van der Waals surface area contributed by atoms with E-state index in [0.717, 1.165) is 6.26 Å². The van der Waals surface area contributed by atoms with E-state index in [9.17, 15) is 13.2 Å². The summed E-state index contributed by atoms with van der Waals surface area (Å²) in [7, 11) is -1.46. The van der Waals surface area contributed by atoms with Crippen LogP contribution in [-0.4, -0.2) is 51.7 Å². The van der Waals surface area contributed by atoms with Gasteiger partial charge in [-0.2, -0.15) is 0 Å². The Morgan fingerprint density at radius 3 is 2.30 bits per heavy atom. The highest BCUT2D eigenvalue weighted by atomic mass is 32.2. The number of benzene rings is 1. The Morgan fingerprint density at radius 1 is 1.26 bits per heavy atom. The van der Waals surface area contributed by atoms with Gasteiger partial charge in [-0.1, -0.05) is 13.8 Å². The minimum absolute atomic E-state index is 0.0718. The van der Waals surface area contributed by atoms with Crippen molar-refractivity contribution in [3.8, 4) is 5.75 Å². The Bertz CT molecular complexity index is 611. The Kier molecular flexibility index (Phi) is 7.02. The summed E-state index contributed by atoms with van der Waals surface area (Å²) < 4.78 is 28.3. The molecule has 130 valence electrons. The maximum Gasteiger partial charge on any atom is 0.239 e. The van der Waals surface area contributed by atoms with Crippen molar-refractivity contribution in [1.82, 2.24) is 4.90 Å². The smallest absolute Gasteiger partial charge is 0.239 e. The van der Waals surface area contributed by atoms with Gasteiger partial charge < -0.3 is 15.4 Å². The van der Waals surface area contributed by atoms with Crippen LogP contribution in [0.1, 0.15) is 20.3 Å². The second kappa shape index (κ2) is 8.31. The highest BCUT2D eigenvalue weighted by Crippen LogP contribution is 2.16. The van der Waals surface area contributed by atoms with Gasteiger partial charge in [0.15, 0.2) is 9.84 Å². The molecule has 0 aliphatic rings. The fraction of sp³-hybridized carbons (Fsp3) is 0.562. The third-order valence-electron chi connectivity index (χ3n) is 3.54. The first-order valence-corrected chi connectivity index (χ1v) is 9.45. The molecular formula is C16H26N2O4S. The fourth-order valence-corrected chi connectivity index (χ4v) is 2.56. The Balaban J connectivity index is 2.39. The Labute approximate surface area is 138 Å². The van der Waals surface area contributed by atoms with Crippen LogP contribution in [0.4, 0.5) is 0 Å². The van der Waals surface area contributed by atoms with Crippen molar-refractivity contribution in [1.29, 1.82) is 0 Å². The fourth-order valence-electron chi connectivity index (χ4n) is 1.92.